The number of aryl methyl sites for hydroxylation is 1. The van der Waals surface area contributed by atoms with Gasteiger partial charge in [-0.15, -0.1) is 10.2 Å². The first-order valence-corrected chi connectivity index (χ1v) is 8.98. The average Bonchev–Trinajstić information content (AvgIpc) is 3.32. The van der Waals surface area contributed by atoms with E-state index in [-0.39, 0.29) is 0 Å². The first-order valence-electron chi connectivity index (χ1n) is 8.98. The molecule has 0 bridgehead atoms. The maximum absolute atomic E-state index is 12.3. The first kappa shape index (κ1) is 15.4. The first-order chi connectivity index (χ1) is 11.7. The average molecular weight is 328 g/mol. The fraction of sp³-hybridized carbons (Fsp3) is 0.647. The van der Waals surface area contributed by atoms with Crippen molar-refractivity contribution in [2.24, 2.45) is 5.92 Å². The Morgan fingerprint density at radius 3 is 2.96 bits per heavy atom. The molecule has 7 nitrogen and oxygen atoms in total. The lowest BCUT2D eigenvalue weighted by atomic mass is 10.1. The van der Waals surface area contributed by atoms with E-state index in [0.717, 1.165) is 36.5 Å². The number of nitrogens with one attached hydrogen (secondary N) is 1. The van der Waals surface area contributed by atoms with Crippen LogP contribution in [0.4, 0.5) is 5.69 Å². The number of nitrogens with zero attached hydrogens (tertiary/aromatic N) is 5. The second-order valence-electron chi connectivity index (χ2n) is 6.94. The molecule has 0 aromatic carbocycles. The van der Waals surface area contributed by atoms with E-state index in [4.69, 9.17) is 0 Å². The second-order valence-corrected chi connectivity index (χ2v) is 6.94. The molecule has 2 aromatic heterocycles. The number of hydrogen-bond donors (Lipinski definition) is 1. The third-order valence-corrected chi connectivity index (χ3v) is 5.27. The molecule has 1 atom stereocenters. The fourth-order valence-corrected chi connectivity index (χ4v) is 3.95. The van der Waals surface area contributed by atoms with Gasteiger partial charge in [-0.05, 0) is 25.3 Å². The molecule has 24 heavy (non-hydrogen) atoms. The van der Waals surface area contributed by atoms with Crippen LogP contribution in [0.2, 0.25) is 0 Å². The zero-order chi connectivity index (χ0) is 16.5. The van der Waals surface area contributed by atoms with E-state index in [1.54, 1.807) is 10.8 Å². The van der Waals surface area contributed by atoms with E-state index in [9.17, 15) is 4.79 Å². The van der Waals surface area contributed by atoms with Crippen molar-refractivity contribution in [1.29, 1.82) is 0 Å². The van der Waals surface area contributed by atoms with Crippen LogP contribution in [-0.2, 0) is 11.2 Å². The van der Waals surface area contributed by atoms with Gasteiger partial charge in [0.2, 0.25) is 11.6 Å². The number of likely N-dealkylation sites (tertiary alicyclic amines) is 1. The quantitative estimate of drug-likeness (QED) is 0.907. The van der Waals surface area contributed by atoms with E-state index in [0.29, 0.717) is 24.3 Å². The number of amides is 1. The summed E-state index contributed by atoms with van der Waals surface area (Å²) in [6, 6.07) is 2.52. The molecule has 2 aliphatic rings. The molecule has 2 aromatic rings. The van der Waals surface area contributed by atoms with Crippen molar-refractivity contribution in [3.8, 4) is 0 Å². The maximum atomic E-state index is 12.3. The lowest BCUT2D eigenvalue weighted by Gasteiger charge is -2.24. The summed E-state index contributed by atoms with van der Waals surface area (Å²) in [5, 5.41) is 16.0. The number of hydrogen-bond acceptors (Lipinski definition) is 5. The number of carbonyl (C=O) groups excluding carboxylic acids is 1. The Labute approximate surface area is 141 Å². The minimum absolute atomic E-state index is 0.324. The number of carbonyl (C=O) groups is 1. The zero-order valence-electron chi connectivity index (χ0n) is 14.1. The summed E-state index contributed by atoms with van der Waals surface area (Å²) in [4.78, 5) is 14.4. The summed E-state index contributed by atoms with van der Waals surface area (Å²) in [6.07, 6.45) is 8.02. The summed E-state index contributed by atoms with van der Waals surface area (Å²) in [7, 11) is 0. The van der Waals surface area contributed by atoms with Crippen LogP contribution < -0.4 is 5.32 Å². The van der Waals surface area contributed by atoms with Crippen LogP contribution >= 0.6 is 0 Å². The molecule has 1 saturated heterocycles. The molecule has 0 spiro atoms. The molecule has 1 amide bonds. The van der Waals surface area contributed by atoms with E-state index < -0.39 is 0 Å². The highest BCUT2D eigenvalue weighted by Crippen LogP contribution is 2.29. The molecule has 7 heteroatoms. The van der Waals surface area contributed by atoms with Crippen LogP contribution in [0.15, 0.2) is 12.4 Å². The van der Waals surface area contributed by atoms with Crippen molar-refractivity contribution < 1.29 is 4.79 Å². The molecule has 1 aliphatic heterocycles. The summed E-state index contributed by atoms with van der Waals surface area (Å²) < 4.78 is 1.71. The number of rotatable bonds is 5. The molecule has 2 fully saturated rings. The Hall–Kier alpha value is -2.18. The van der Waals surface area contributed by atoms with Crippen LogP contribution in [0.5, 0.6) is 0 Å². The summed E-state index contributed by atoms with van der Waals surface area (Å²) >= 11 is 0. The topological polar surface area (TPSA) is 75.4 Å². The van der Waals surface area contributed by atoms with Crippen molar-refractivity contribution in [3.05, 3.63) is 18.1 Å². The third-order valence-electron chi connectivity index (χ3n) is 5.27. The van der Waals surface area contributed by atoms with Crippen molar-refractivity contribution >= 4 is 17.2 Å². The molecular formula is C17H24N6O. The van der Waals surface area contributed by atoms with Crippen LogP contribution in [0.1, 0.15) is 44.7 Å². The van der Waals surface area contributed by atoms with E-state index in [1.807, 2.05) is 6.07 Å². The van der Waals surface area contributed by atoms with Gasteiger partial charge in [0, 0.05) is 31.5 Å². The van der Waals surface area contributed by atoms with Crippen LogP contribution in [0.25, 0.3) is 5.65 Å². The van der Waals surface area contributed by atoms with Crippen molar-refractivity contribution in [1.82, 2.24) is 24.7 Å². The summed E-state index contributed by atoms with van der Waals surface area (Å²) in [5.41, 5.74) is 2.69. The number of aromatic nitrogens is 4. The molecule has 3 heterocycles. The van der Waals surface area contributed by atoms with Gasteiger partial charge in [0.1, 0.15) is 6.33 Å². The molecule has 1 saturated carbocycles. The Kier molecular flexibility index (Phi) is 4.08. The predicted molar refractivity (Wildman–Crippen MR) is 90.7 cm³/mol. The molecule has 4 rings (SSSR count). The second kappa shape index (κ2) is 6.37. The minimum atomic E-state index is 0.324. The Balaban J connectivity index is 1.44. The maximum Gasteiger partial charge on any atom is 0.223 e. The van der Waals surface area contributed by atoms with E-state index in [2.05, 4.69) is 32.4 Å². The van der Waals surface area contributed by atoms with Crippen LogP contribution in [0, 0.1) is 5.92 Å². The SMILES string of the molecule is CCc1cc(NCC2CC(=O)N(C3CCCC3)C2)c2nncn2n1. The Morgan fingerprint density at radius 1 is 1.33 bits per heavy atom. The van der Waals surface area contributed by atoms with Gasteiger partial charge in [0.25, 0.3) is 0 Å². The Morgan fingerprint density at radius 2 is 2.17 bits per heavy atom. The number of fused-ring (bicyclic) bond motifs is 1. The minimum Gasteiger partial charge on any atom is -0.382 e. The van der Waals surface area contributed by atoms with Gasteiger partial charge in [-0.1, -0.05) is 19.8 Å². The normalized spacial score (nSPS) is 22.0. The van der Waals surface area contributed by atoms with Crippen LogP contribution in [-0.4, -0.2) is 49.7 Å². The van der Waals surface area contributed by atoms with E-state index >= 15 is 0 Å². The molecule has 1 unspecified atom stereocenters. The van der Waals surface area contributed by atoms with Gasteiger partial charge >= 0.3 is 0 Å². The molecule has 1 N–H and O–H groups in total. The lowest BCUT2D eigenvalue weighted by Crippen LogP contribution is -2.34. The smallest absolute Gasteiger partial charge is 0.223 e. The van der Waals surface area contributed by atoms with Gasteiger partial charge in [-0.2, -0.15) is 9.61 Å². The third kappa shape index (κ3) is 2.83. The van der Waals surface area contributed by atoms with Gasteiger partial charge in [0.15, 0.2) is 0 Å². The summed E-state index contributed by atoms with van der Waals surface area (Å²) in [6.45, 7) is 3.74. The Bertz CT molecular complexity index is 736. The van der Waals surface area contributed by atoms with Crippen molar-refractivity contribution in [2.75, 3.05) is 18.4 Å². The predicted octanol–water partition coefficient (Wildman–Crippen LogP) is 1.89. The van der Waals surface area contributed by atoms with E-state index in [1.165, 1.54) is 25.7 Å². The lowest BCUT2D eigenvalue weighted by molar-refractivity contribution is -0.129. The standard InChI is InChI=1S/C17H24N6O/c1-2-13-8-15(17-20-19-11-23(17)21-13)18-9-12-7-16(24)22(10-12)14-5-3-4-6-14/h8,11-12,14,18H,2-7,9-10H2,1H3. The highest BCUT2D eigenvalue weighted by Gasteiger charge is 2.35. The van der Waals surface area contributed by atoms with Crippen LogP contribution in [0.3, 0.4) is 0 Å². The van der Waals surface area contributed by atoms with Gasteiger partial charge in [-0.3, -0.25) is 4.79 Å². The monoisotopic (exact) mass is 328 g/mol. The van der Waals surface area contributed by atoms with Crippen molar-refractivity contribution in [3.63, 3.8) is 0 Å². The van der Waals surface area contributed by atoms with Gasteiger partial charge in [0.05, 0.1) is 11.4 Å². The number of anilines is 1. The van der Waals surface area contributed by atoms with Gasteiger partial charge < -0.3 is 10.2 Å². The summed E-state index contributed by atoms with van der Waals surface area (Å²) in [5.74, 6) is 0.685. The highest BCUT2D eigenvalue weighted by atomic mass is 16.2. The van der Waals surface area contributed by atoms with Gasteiger partial charge in [-0.25, -0.2) is 0 Å². The molecule has 128 valence electrons. The highest BCUT2D eigenvalue weighted by molar-refractivity contribution is 5.79. The van der Waals surface area contributed by atoms with Crippen molar-refractivity contribution in [2.45, 2.75) is 51.5 Å². The molecular weight excluding hydrogens is 304 g/mol. The molecule has 1 aliphatic carbocycles. The zero-order valence-corrected chi connectivity index (χ0v) is 14.1. The largest absolute Gasteiger partial charge is 0.382 e. The fourth-order valence-electron chi connectivity index (χ4n) is 3.95. The molecule has 0 radical (unpaired) electrons.